The van der Waals surface area contributed by atoms with Gasteiger partial charge in [0.25, 0.3) is 11.8 Å². The summed E-state index contributed by atoms with van der Waals surface area (Å²) in [7, 11) is 1.55. The van der Waals surface area contributed by atoms with Gasteiger partial charge < -0.3 is 25.4 Å². The van der Waals surface area contributed by atoms with E-state index in [0.717, 1.165) is 34.6 Å². The maximum absolute atomic E-state index is 13.6. The number of rotatable bonds is 13. The molecule has 0 saturated heterocycles. The van der Waals surface area contributed by atoms with Crippen LogP contribution in [0.1, 0.15) is 61.5 Å². The maximum atomic E-state index is 13.6. The van der Waals surface area contributed by atoms with E-state index in [0.29, 0.717) is 39.0 Å². The highest BCUT2D eigenvalue weighted by molar-refractivity contribution is 8.00. The van der Waals surface area contributed by atoms with Crippen LogP contribution in [0.2, 0.25) is 0 Å². The van der Waals surface area contributed by atoms with Gasteiger partial charge >= 0.3 is 5.97 Å². The van der Waals surface area contributed by atoms with Gasteiger partial charge in [0, 0.05) is 21.0 Å². The molecule has 3 N–H and O–H groups in total. The van der Waals surface area contributed by atoms with Gasteiger partial charge in [-0.1, -0.05) is 66.7 Å². The monoisotopic (exact) mass is 745 g/mol. The molecule has 6 rings (SSSR count). The maximum Gasteiger partial charge on any atom is 0.341 e. The second-order valence-electron chi connectivity index (χ2n) is 12.3. The summed E-state index contributed by atoms with van der Waals surface area (Å²) in [5, 5.41) is 9.12. The van der Waals surface area contributed by atoms with Gasteiger partial charge in [-0.05, 0) is 97.3 Å². The number of amides is 3. The molecule has 1 aromatic heterocycles. The number of hydrogen-bond donors (Lipinski definition) is 3. The lowest BCUT2D eigenvalue weighted by molar-refractivity contribution is -0.114. The first kappa shape index (κ1) is 37.1. The molecule has 0 saturated carbocycles. The van der Waals surface area contributed by atoms with Crippen LogP contribution < -0.4 is 20.7 Å². The van der Waals surface area contributed by atoms with E-state index in [1.54, 1.807) is 86.8 Å². The molecule has 1 unspecified atom stereocenters. The van der Waals surface area contributed by atoms with Gasteiger partial charge in [-0.25, -0.2) is 4.79 Å². The second-order valence-corrected chi connectivity index (χ2v) is 14.4. The Morgan fingerprint density at radius 1 is 0.887 bits per heavy atom. The van der Waals surface area contributed by atoms with Crippen molar-refractivity contribution in [3.63, 3.8) is 0 Å². The minimum Gasteiger partial charge on any atom is -0.497 e. The summed E-state index contributed by atoms with van der Waals surface area (Å²) >= 11 is 2.75. The van der Waals surface area contributed by atoms with Crippen molar-refractivity contribution in [3.8, 4) is 5.75 Å². The van der Waals surface area contributed by atoms with Gasteiger partial charge in [-0.15, -0.1) is 23.1 Å². The molecule has 270 valence electrons. The molecule has 1 aliphatic rings. The summed E-state index contributed by atoms with van der Waals surface area (Å²) in [5.74, 6) is -0.622. The smallest absolute Gasteiger partial charge is 0.341 e. The first-order valence-corrected chi connectivity index (χ1v) is 19.0. The van der Waals surface area contributed by atoms with Crippen LogP contribution in [-0.4, -0.2) is 43.2 Å². The predicted molar refractivity (Wildman–Crippen MR) is 211 cm³/mol. The minimum atomic E-state index is -0.528. The lowest BCUT2D eigenvalue weighted by atomic mass is 9.83. The molecule has 9 nitrogen and oxygen atoms in total. The quantitative estimate of drug-likeness (QED) is 0.0629. The molecule has 1 heterocycles. The van der Waals surface area contributed by atoms with Crippen molar-refractivity contribution in [3.05, 3.63) is 148 Å². The molecular weight excluding hydrogens is 707 g/mol. The third kappa shape index (κ3) is 9.62. The molecule has 0 radical (unpaired) electrons. The minimum absolute atomic E-state index is 0.0377. The summed E-state index contributed by atoms with van der Waals surface area (Å²) in [6, 6.07) is 33.3. The lowest BCUT2D eigenvalue weighted by Gasteiger charge is -2.23. The summed E-state index contributed by atoms with van der Waals surface area (Å²) < 4.78 is 10.7. The van der Waals surface area contributed by atoms with Gasteiger partial charge in [0.05, 0.1) is 25.0 Å². The van der Waals surface area contributed by atoms with E-state index in [4.69, 9.17) is 9.47 Å². The molecule has 11 heteroatoms. The third-order valence-corrected chi connectivity index (χ3v) is 10.8. The molecule has 0 fully saturated rings. The zero-order valence-electron chi connectivity index (χ0n) is 29.3. The highest BCUT2D eigenvalue weighted by Gasteiger charge is 2.31. The van der Waals surface area contributed by atoms with Crippen molar-refractivity contribution in [1.29, 1.82) is 0 Å². The first-order chi connectivity index (χ1) is 25.8. The zero-order chi connectivity index (χ0) is 37.2. The standard InChI is InChI=1S/C42H39N3O6S2/c1-3-51-42(49)38-34-21-20-30(28-13-6-4-7-14-28)24-36(34)53-41(38)45-37(46)26-52-33-19-11-17-31(25-33)43-40(48)35(23-27-12-10-18-32(22-27)50-2)44-39(47)29-15-8-5-9-16-29/h4-19,22-23,25,30H,3,20-21,24,26H2,1-2H3,(H,43,48)(H,44,47)(H,45,46)/b35-23-. The Labute approximate surface area is 316 Å². The molecule has 4 aromatic carbocycles. The summed E-state index contributed by atoms with van der Waals surface area (Å²) in [5.41, 5.74) is 4.27. The Kier molecular flexibility index (Phi) is 12.4. The van der Waals surface area contributed by atoms with Crippen molar-refractivity contribution < 1.29 is 28.7 Å². The molecule has 53 heavy (non-hydrogen) atoms. The Bertz CT molecular complexity index is 2130. The van der Waals surface area contributed by atoms with Crippen molar-refractivity contribution >= 4 is 63.6 Å². The SMILES string of the molecule is CCOC(=O)c1c(NC(=O)CSc2cccc(NC(=O)/C(=C/c3cccc(OC)c3)NC(=O)c3ccccc3)c2)sc2c1CCC(c1ccccc1)C2. The predicted octanol–water partition coefficient (Wildman–Crippen LogP) is 8.35. The van der Waals surface area contributed by atoms with Crippen LogP contribution in [-0.2, 0) is 27.2 Å². The number of thioether (sulfide) groups is 1. The zero-order valence-corrected chi connectivity index (χ0v) is 31.0. The fourth-order valence-corrected chi connectivity index (χ4v) is 8.20. The average molecular weight is 746 g/mol. The number of carbonyl (C=O) groups is 4. The average Bonchev–Trinajstić information content (AvgIpc) is 3.54. The fourth-order valence-electron chi connectivity index (χ4n) is 6.12. The van der Waals surface area contributed by atoms with Crippen LogP contribution in [0.3, 0.4) is 0 Å². The van der Waals surface area contributed by atoms with E-state index in [1.165, 1.54) is 28.7 Å². The van der Waals surface area contributed by atoms with Crippen LogP contribution in [0, 0.1) is 0 Å². The topological polar surface area (TPSA) is 123 Å². The van der Waals surface area contributed by atoms with Crippen LogP contribution in [0.25, 0.3) is 6.08 Å². The molecule has 1 aliphatic carbocycles. The molecular formula is C42H39N3O6S2. The van der Waals surface area contributed by atoms with Crippen molar-refractivity contribution in [2.24, 2.45) is 0 Å². The Morgan fingerprint density at radius 3 is 2.40 bits per heavy atom. The van der Waals surface area contributed by atoms with Crippen LogP contribution in [0.15, 0.2) is 120 Å². The van der Waals surface area contributed by atoms with E-state index in [1.807, 2.05) is 30.3 Å². The summed E-state index contributed by atoms with van der Waals surface area (Å²) in [6.45, 7) is 2.01. The van der Waals surface area contributed by atoms with Gasteiger partial charge in [0.2, 0.25) is 5.91 Å². The number of methoxy groups -OCH3 is 1. The molecule has 3 amide bonds. The van der Waals surface area contributed by atoms with E-state index in [-0.39, 0.29) is 24.0 Å². The van der Waals surface area contributed by atoms with Crippen molar-refractivity contribution in [2.45, 2.75) is 37.0 Å². The molecule has 5 aromatic rings. The Morgan fingerprint density at radius 2 is 1.64 bits per heavy atom. The lowest BCUT2D eigenvalue weighted by Crippen LogP contribution is -2.30. The number of fused-ring (bicyclic) bond motifs is 1. The van der Waals surface area contributed by atoms with E-state index < -0.39 is 17.8 Å². The van der Waals surface area contributed by atoms with Gasteiger partial charge in [-0.2, -0.15) is 0 Å². The van der Waals surface area contributed by atoms with E-state index in [2.05, 4.69) is 28.1 Å². The number of benzene rings is 4. The largest absolute Gasteiger partial charge is 0.497 e. The van der Waals surface area contributed by atoms with Gasteiger partial charge in [0.1, 0.15) is 16.4 Å². The summed E-state index contributed by atoms with van der Waals surface area (Å²) in [6.07, 6.45) is 4.02. The number of hydrogen-bond acceptors (Lipinski definition) is 8. The van der Waals surface area contributed by atoms with Crippen LogP contribution in [0.5, 0.6) is 5.75 Å². The molecule has 0 spiro atoms. The number of carbonyl (C=O) groups excluding carboxylic acids is 4. The van der Waals surface area contributed by atoms with Crippen LogP contribution in [0.4, 0.5) is 10.7 Å². The fraction of sp³-hybridized carbons (Fsp3) is 0.190. The summed E-state index contributed by atoms with van der Waals surface area (Å²) in [4.78, 5) is 54.9. The van der Waals surface area contributed by atoms with Gasteiger partial charge in [-0.3, -0.25) is 14.4 Å². The third-order valence-electron chi connectivity index (χ3n) is 8.66. The number of anilines is 2. The normalized spacial score (nSPS) is 13.7. The number of ether oxygens (including phenoxy) is 2. The molecule has 1 atom stereocenters. The van der Waals surface area contributed by atoms with Crippen molar-refractivity contribution in [2.75, 3.05) is 30.1 Å². The van der Waals surface area contributed by atoms with E-state index >= 15 is 0 Å². The first-order valence-electron chi connectivity index (χ1n) is 17.2. The Balaban J connectivity index is 1.13. The second kappa shape index (κ2) is 17.7. The highest BCUT2D eigenvalue weighted by atomic mass is 32.2. The highest BCUT2D eigenvalue weighted by Crippen LogP contribution is 2.43. The molecule has 0 aliphatic heterocycles. The van der Waals surface area contributed by atoms with Gasteiger partial charge in [0.15, 0.2) is 0 Å². The molecule has 0 bridgehead atoms. The number of thiophene rings is 1. The number of esters is 1. The van der Waals surface area contributed by atoms with Crippen LogP contribution >= 0.6 is 23.1 Å². The Hall–Kier alpha value is -5.65. The van der Waals surface area contributed by atoms with Crippen molar-refractivity contribution in [1.82, 2.24) is 5.32 Å². The number of nitrogens with one attached hydrogen (secondary N) is 3. The van der Waals surface area contributed by atoms with E-state index in [9.17, 15) is 19.2 Å².